The number of benzene rings is 1. The van der Waals surface area contributed by atoms with Crippen molar-refractivity contribution in [3.63, 3.8) is 0 Å². The third kappa shape index (κ3) is 3.80. The quantitative estimate of drug-likeness (QED) is 0.780. The van der Waals surface area contributed by atoms with Gasteiger partial charge in [0.2, 0.25) is 0 Å². The van der Waals surface area contributed by atoms with Crippen LogP contribution in [0.25, 0.3) is 0 Å². The molecule has 0 aliphatic carbocycles. The van der Waals surface area contributed by atoms with Gasteiger partial charge in [-0.3, -0.25) is 4.79 Å². The Morgan fingerprint density at radius 3 is 2.11 bits per heavy atom. The molecule has 19 heavy (non-hydrogen) atoms. The lowest BCUT2D eigenvalue weighted by molar-refractivity contribution is -0.140. The minimum atomic E-state index is -3.49. The van der Waals surface area contributed by atoms with Crippen LogP contribution in [0.15, 0.2) is 29.2 Å². The van der Waals surface area contributed by atoms with Crippen LogP contribution < -0.4 is 0 Å². The number of esters is 1. The fourth-order valence-corrected chi connectivity index (χ4v) is 3.04. The molecule has 0 N–H and O–H groups in total. The second-order valence-electron chi connectivity index (χ2n) is 4.86. The molecule has 0 spiro atoms. The van der Waals surface area contributed by atoms with Gasteiger partial charge >= 0.3 is 5.97 Å². The summed E-state index contributed by atoms with van der Waals surface area (Å²) in [7, 11) is -2.24. The summed E-state index contributed by atoms with van der Waals surface area (Å²) in [6.45, 7) is 5.61. The molecule has 1 atom stereocenters. The van der Waals surface area contributed by atoms with Crippen LogP contribution in [0.4, 0.5) is 0 Å². The zero-order valence-electron chi connectivity index (χ0n) is 11.7. The van der Waals surface area contributed by atoms with E-state index in [1.54, 1.807) is 12.1 Å². The second kappa shape index (κ2) is 6.19. The van der Waals surface area contributed by atoms with Crippen LogP contribution in [0.3, 0.4) is 0 Å². The summed E-state index contributed by atoms with van der Waals surface area (Å²) >= 11 is 0. The second-order valence-corrected chi connectivity index (χ2v) is 7.23. The van der Waals surface area contributed by atoms with E-state index in [4.69, 9.17) is 0 Å². The summed E-state index contributed by atoms with van der Waals surface area (Å²) in [6.07, 6.45) is -0.134. The lowest BCUT2D eigenvalue weighted by Gasteiger charge is -2.13. The van der Waals surface area contributed by atoms with Gasteiger partial charge < -0.3 is 4.74 Å². The highest BCUT2D eigenvalue weighted by Gasteiger charge is 2.25. The van der Waals surface area contributed by atoms with Gasteiger partial charge in [0, 0.05) is 0 Å². The van der Waals surface area contributed by atoms with Gasteiger partial charge in [0.1, 0.15) is 0 Å². The highest BCUT2D eigenvalue weighted by molar-refractivity contribution is 7.92. The first-order valence-corrected chi connectivity index (χ1v) is 7.74. The average Bonchev–Trinajstić information content (AvgIpc) is 2.38. The molecule has 106 valence electrons. The molecule has 1 aromatic carbocycles. The monoisotopic (exact) mass is 284 g/mol. The molecule has 0 saturated heterocycles. The van der Waals surface area contributed by atoms with Crippen LogP contribution in [0.5, 0.6) is 0 Å². The fourth-order valence-electron chi connectivity index (χ4n) is 1.70. The number of hydrogen-bond donors (Lipinski definition) is 0. The summed E-state index contributed by atoms with van der Waals surface area (Å²) in [5.74, 6) is -0.167. The third-order valence-corrected chi connectivity index (χ3v) is 5.24. The molecule has 1 unspecified atom stereocenters. The number of rotatable bonds is 5. The molecule has 0 bridgehead atoms. The van der Waals surface area contributed by atoms with Gasteiger partial charge in [0.25, 0.3) is 0 Å². The minimum absolute atomic E-state index is 0.134. The molecule has 5 heteroatoms. The number of sulfone groups is 1. The maximum absolute atomic E-state index is 12.3. The largest absolute Gasteiger partial charge is 0.469 e. The SMILES string of the molecule is COC(=O)CC(C)S(=O)(=O)c1ccc(C(C)C)cc1. The Hall–Kier alpha value is -1.36. The number of ether oxygens (including phenoxy) is 1. The van der Waals surface area contributed by atoms with Gasteiger partial charge in [-0.15, -0.1) is 0 Å². The van der Waals surface area contributed by atoms with E-state index in [0.717, 1.165) is 5.56 Å². The number of methoxy groups -OCH3 is 1. The molecule has 0 fully saturated rings. The molecular weight excluding hydrogens is 264 g/mol. The predicted octanol–water partition coefficient (Wildman–Crippen LogP) is 2.54. The van der Waals surface area contributed by atoms with Crippen LogP contribution in [0.1, 0.15) is 38.7 Å². The molecular formula is C14H20O4S. The van der Waals surface area contributed by atoms with Gasteiger partial charge in [0.15, 0.2) is 9.84 Å². The molecule has 0 heterocycles. The Morgan fingerprint density at radius 1 is 1.16 bits per heavy atom. The van der Waals surface area contributed by atoms with Crippen molar-refractivity contribution in [1.82, 2.24) is 0 Å². The van der Waals surface area contributed by atoms with Crippen molar-refractivity contribution >= 4 is 15.8 Å². The average molecular weight is 284 g/mol. The molecule has 0 radical (unpaired) electrons. The van der Waals surface area contributed by atoms with E-state index in [1.165, 1.54) is 14.0 Å². The summed E-state index contributed by atoms with van der Waals surface area (Å²) < 4.78 is 29.0. The summed E-state index contributed by atoms with van der Waals surface area (Å²) in [6, 6.07) is 6.81. The first kappa shape index (κ1) is 15.7. The fraction of sp³-hybridized carbons (Fsp3) is 0.500. The molecule has 0 aliphatic heterocycles. The van der Waals surface area contributed by atoms with Crippen molar-refractivity contribution in [2.45, 2.75) is 43.3 Å². The van der Waals surface area contributed by atoms with Gasteiger partial charge in [-0.05, 0) is 30.5 Å². The van der Waals surface area contributed by atoms with Crippen molar-refractivity contribution in [2.24, 2.45) is 0 Å². The van der Waals surface area contributed by atoms with Crippen molar-refractivity contribution in [2.75, 3.05) is 7.11 Å². The van der Waals surface area contributed by atoms with E-state index in [2.05, 4.69) is 4.74 Å². The predicted molar refractivity (Wildman–Crippen MR) is 73.8 cm³/mol. The van der Waals surface area contributed by atoms with Crippen molar-refractivity contribution in [3.05, 3.63) is 29.8 Å². The van der Waals surface area contributed by atoms with Crippen LogP contribution in [0.2, 0.25) is 0 Å². The van der Waals surface area contributed by atoms with E-state index >= 15 is 0 Å². The maximum Gasteiger partial charge on any atom is 0.306 e. The van der Waals surface area contributed by atoms with E-state index in [1.807, 2.05) is 26.0 Å². The number of carbonyl (C=O) groups is 1. The highest BCUT2D eigenvalue weighted by Crippen LogP contribution is 2.21. The molecule has 0 aliphatic rings. The van der Waals surface area contributed by atoms with Gasteiger partial charge in [-0.2, -0.15) is 0 Å². The summed E-state index contributed by atoms with van der Waals surface area (Å²) in [4.78, 5) is 11.4. The number of hydrogen-bond acceptors (Lipinski definition) is 4. The Balaban J connectivity index is 2.96. The first-order valence-electron chi connectivity index (χ1n) is 6.19. The molecule has 4 nitrogen and oxygen atoms in total. The zero-order chi connectivity index (χ0) is 14.6. The van der Waals surface area contributed by atoms with E-state index in [0.29, 0.717) is 5.92 Å². The molecule has 0 amide bonds. The van der Waals surface area contributed by atoms with E-state index < -0.39 is 21.1 Å². The van der Waals surface area contributed by atoms with Gasteiger partial charge in [0.05, 0.1) is 23.7 Å². The Morgan fingerprint density at radius 2 is 1.68 bits per heavy atom. The zero-order valence-corrected chi connectivity index (χ0v) is 12.5. The van der Waals surface area contributed by atoms with Crippen LogP contribution in [0, 0.1) is 0 Å². The van der Waals surface area contributed by atoms with Crippen molar-refractivity contribution in [1.29, 1.82) is 0 Å². The lowest BCUT2D eigenvalue weighted by atomic mass is 10.0. The third-order valence-electron chi connectivity index (χ3n) is 3.09. The van der Waals surface area contributed by atoms with E-state index in [-0.39, 0.29) is 11.3 Å². The Labute approximate surface area is 114 Å². The van der Waals surface area contributed by atoms with Gasteiger partial charge in [-0.25, -0.2) is 8.42 Å². The van der Waals surface area contributed by atoms with Gasteiger partial charge in [-0.1, -0.05) is 26.0 Å². The maximum atomic E-state index is 12.3. The summed E-state index contributed by atoms with van der Waals surface area (Å²) in [5, 5.41) is -0.787. The van der Waals surface area contributed by atoms with Crippen molar-refractivity contribution in [3.8, 4) is 0 Å². The Bertz CT molecular complexity index is 529. The normalized spacial score (nSPS) is 13.3. The van der Waals surface area contributed by atoms with Crippen LogP contribution >= 0.6 is 0 Å². The van der Waals surface area contributed by atoms with Crippen LogP contribution in [-0.4, -0.2) is 26.7 Å². The number of carbonyl (C=O) groups excluding carboxylic acids is 1. The summed E-state index contributed by atoms with van der Waals surface area (Å²) in [5.41, 5.74) is 1.08. The topological polar surface area (TPSA) is 60.4 Å². The Kier molecular flexibility index (Phi) is 5.11. The minimum Gasteiger partial charge on any atom is -0.469 e. The first-order chi connectivity index (χ1) is 8.78. The van der Waals surface area contributed by atoms with Crippen LogP contribution in [-0.2, 0) is 19.4 Å². The lowest BCUT2D eigenvalue weighted by Crippen LogP contribution is -2.22. The molecule has 1 rings (SSSR count). The molecule has 0 saturated carbocycles. The van der Waals surface area contributed by atoms with Crippen molar-refractivity contribution < 1.29 is 17.9 Å². The smallest absolute Gasteiger partial charge is 0.306 e. The van der Waals surface area contributed by atoms with E-state index in [9.17, 15) is 13.2 Å². The molecule has 1 aromatic rings. The standard InChI is InChI=1S/C14H20O4S/c1-10(2)12-5-7-13(8-6-12)19(16,17)11(3)9-14(15)18-4/h5-8,10-11H,9H2,1-4H3. The molecule has 0 aromatic heterocycles. The highest BCUT2D eigenvalue weighted by atomic mass is 32.2.